The van der Waals surface area contributed by atoms with E-state index in [2.05, 4.69) is 5.32 Å². The van der Waals surface area contributed by atoms with E-state index in [0.717, 1.165) is 4.70 Å². The van der Waals surface area contributed by atoms with Gasteiger partial charge in [-0.25, -0.2) is 0 Å². The first-order chi connectivity index (χ1) is 9.32. The zero-order valence-electron chi connectivity index (χ0n) is 11.2. The van der Waals surface area contributed by atoms with Gasteiger partial charge in [0.25, 0.3) is 11.6 Å². The number of amides is 1. The molecule has 3 N–H and O–H groups in total. The minimum absolute atomic E-state index is 0.0181. The summed E-state index contributed by atoms with van der Waals surface area (Å²) in [6.45, 7) is 4.00. The van der Waals surface area contributed by atoms with Crippen LogP contribution in [-0.2, 0) is 0 Å². The van der Waals surface area contributed by atoms with E-state index in [1.54, 1.807) is 12.1 Å². The van der Waals surface area contributed by atoms with E-state index in [0.29, 0.717) is 16.8 Å². The number of carbonyl (C=O) groups excluding carboxylic acids is 1. The smallest absolute Gasteiger partial charge is 0.270 e. The van der Waals surface area contributed by atoms with Crippen molar-refractivity contribution in [2.75, 3.05) is 6.54 Å². The molecule has 106 valence electrons. The molecule has 0 unspecified atom stereocenters. The van der Waals surface area contributed by atoms with Gasteiger partial charge in [0, 0.05) is 34.3 Å². The first-order valence-corrected chi connectivity index (χ1v) is 6.84. The summed E-state index contributed by atoms with van der Waals surface area (Å²) >= 11 is 1.30. The third-order valence-electron chi connectivity index (χ3n) is 2.90. The summed E-state index contributed by atoms with van der Waals surface area (Å²) in [5, 5.41) is 14.3. The fraction of sp³-hybridized carbons (Fsp3) is 0.308. The maximum atomic E-state index is 12.1. The van der Waals surface area contributed by atoms with Gasteiger partial charge in [0.05, 0.1) is 9.80 Å². The summed E-state index contributed by atoms with van der Waals surface area (Å²) in [5.74, 6) is -0.218. The van der Waals surface area contributed by atoms with Crippen molar-refractivity contribution in [3.05, 3.63) is 39.3 Å². The van der Waals surface area contributed by atoms with E-state index in [-0.39, 0.29) is 11.6 Å². The molecule has 1 aromatic carbocycles. The minimum atomic E-state index is -0.487. The maximum Gasteiger partial charge on any atom is 0.270 e. The highest BCUT2D eigenvalue weighted by molar-refractivity contribution is 7.20. The van der Waals surface area contributed by atoms with Crippen LogP contribution in [0.15, 0.2) is 24.3 Å². The molecule has 0 aliphatic carbocycles. The summed E-state index contributed by atoms with van der Waals surface area (Å²) in [5.41, 5.74) is 5.11. The molecule has 0 aliphatic heterocycles. The predicted octanol–water partition coefficient (Wildman–Crippen LogP) is 2.28. The first-order valence-electron chi connectivity index (χ1n) is 6.03. The average molecular weight is 293 g/mol. The number of carbonyl (C=O) groups is 1. The monoisotopic (exact) mass is 293 g/mol. The number of nitrogens with zero attached hydrogens (tertiary/aromatic N) is 1. The molecule has 2 aromatic rings. The molecule has 7 heteroatoms. The van der Waals surface area contributed by atoms with Gasteiger partial charge >= 0.3 is 0 Å². The standard InChI is InChI=1S/C13H15N3O3S/c1-13(2,7-14)15-12(17)11-6-8-5-9(16(18)19)3-4-10(8)20-11/h3-6H,7,14H2,1-2H3,(H,15,17). The molecule has 0 aliphatic rings. The Balaban J connectivity index is 2.32. The van der Waals surface area contributed by atoms with Crippen molar-refractivity contribution in [1.29, 1.82) is 0 Å². The summed E-state index contributed by atoms with van der Waals surface area (Å²) in [6.07, 6.45) is 0. The molecule has 0 spiro atoms. The molecule has 20 heavy (non-hydrogen) atoms. The summed E-state index contributed by atoms with van der Waals surface area (Å²) in [7, 11) is 0. The fourth-order valence-corrected chi connectivity index (χ4v) is 2.61. The Morgan fingerprint density at radius 2 is 2.15 bits per heavy atom. The van der Waals surface area contributed by atoms with Crippen LogP contribution in [-0.4, -0.2) is 22.9 Å². The van der Waals surface area contributed by atoms with E-state index in [1.807, 2.05) is 13.8 Å². The first kappa shape index (κ1) is 14.4. The highest BCUT2D eigenvalue weighted by Gasteiger charge is 2.21. The van der Waals surface area contributed by atoms with Crippen LogP contribution in [0.25, 0.3) is 10.1 Å². The number of fused-ring (bicyclic) bond motifs is 1. The van der Waals surface area contributed by atoms with E-state index in [4.69, 9.17) is 5.73 Å². The van der Waals surface area contributed by atoms with Crippen LogP contribution in [0.4, 0.5) is 5.69 Å². The van der Waals surface area contributed by atoms with Gasteiger partial charge in [-0.1, -0.05) is 0 Å². The average Bonchev–Trinajstić information content (AvgIpc) is 2.81. The van der Waals surface area contributed by atoms with Gasteiger partial charge in [0.15, 0.2) is 0 Å². The SMILES string of the molecule is CC(C)(CN)NC(=O)c1cc2cc([N+](=O)[O-])ccc2s1. The van der Waals surface area contributed by atoms with Gasteiger partial charge < -0.3 is 11.1 Å². The number of rotatable bonds is 4. The molecule has 1 amide bonds. The molecular formula is C13H15N3O3S. The van der Waals surface area contributed by atoms with Gasteiger partial charge in [0.1, 0.15) is 0 Å². The molecule has 2 rings (SSSR count). The molecule has 6 nitrogen and oxygen atoms in total. The van der Waals surface area contributed by atoms with Crippen LogP contribution in [0.5, 0.6) is 0 Å². The summed E-state index contributed by atoms with van der Waals surface area (Å²) in [6, 6.07) is 6.22. The zero-order valence-corrected chi connectivity index (χ0v) is 12.0. The number of hydrogen-bond acceptors (Lipinski definition) is 5. The Morgan fingerprint density at radius 3 is 2.75 bits per heavy atom. The quantitative estimate of drug-likeness (QED) is 0.667. The summed E-state index contributed by atoms with van der Waals surface area (Å²) < 4.78 is 0.839. The Hall–Kier alpha value is -1.99. The van der Waals surface area contributed by atoms with Crippen molar-refractivity contribution in [1.82, 2.24) is 5.32 Å². The molecule has 0 radical (unpaired) electrons. The normalized spacial score (nSPS) is 11.6. The molecule has 0 atom stereocenters. The number of nitro benzene ring substituents is 1. The Morgan fingerprint density at radius 1 is 1.45 bits per heavy atom. The van der Waals surface area contributed by atoms with Crippen molar-refractivity contribution in [3.63, 3.8) is 0 Å². The Bertz CT molecular complexity index is 679. The molecule has 0 fully saturated rings. The third kappa shape index (κ3) is 2.94. The van der Waals surface area contributed by atoms with Crippen LogP contribution in [0.2, 0.25) is 0 Å². The number of thiophene rings is 1. The lowest BCUT2D eigenvalue weighted by Crippen LogP contribution is -2.48. The van der Waals surface area contributed by atoms with Gasteiger partial charge in [0.2, 0.25) is 0 Å². The number of nitrogens with two attached hydrogens (primary N) is 1. The fourth-order valence-electron chi connectivity index (χ4n) is 1.68. The largest absolute Gasteiger partial charge is 0.345 e. The number of hydrogen-bond donors (Lipinski definition) is 2. The second-order valence-electron chi connectivity index (χ2n) is 5.13. The maximum absolute atomic E-state index is 12.1. The topological polar surface area (TPSA) is 98.3 Å². The van der Waals surface area contributed by atoms with Crippen molar-refractivity contribution in [3.8, 4) is 0 Å². The number of nitrogens with one attached hydrogen (secondary N) is 1. The molecule has 0 bridgehead atoms. The lowest BCUT2D eigenvalue weighted by Gasteiger charge is -2.23. The molecule has 0 saturated heterocycles. The second-order valence-corrected chi connectivity index (χ2v) is 6.22. The van der Waals surface area contributed by atoms with E-state index in [9.17, 15) is 14.9 Å². The molecule has 1 aromatic heterocycles. The van der Waals surface area contributed by atoms with E-state index >= 15 is 0 Å². The predicted molar refractivity (Wildman–Crippen MR) is 79.1 cm³/mol. The highest BCUT2D eigenvalue weighted by Crippen LogP contribution is 2.29. The van der Waals surface area contributed by atoms with Gasteiger partial charge in [-0.05, 0) is 26.0 Å². The van der Waals surface area contributed by atoms with Crippen LogP contribution < -0.4 is 11.1 Å². The van der Waals surface area contributed by atoms with Gasteiger partial charge in [-0.3, -0.25) is 14.9 Å². The number of non-ortho nitro benzene ring substituents is 1. The van der Waals surface area contributed by atoms with Crippen molar-refractivity contribution in [2.45, 2.75) is 19.4 Å². The molecular weight excluding hydrogens is 278 g/mol. The third-order valence-corrected chi connectivity index (χ3v) is 4.01. The van der Waals surface area contributed by atoms with Crippen LogP contribution >= 0.6 is 11.3 Å². The van der Waals surface area contributed by atoms with Crippen molar-refractivity contribution >= 4 is 33.0 Å². The Kier molecular flexibility index (Phi) is 3.74. The van der Waals surface area contributed by atoms with Crippen molar-refractivity contribution in [2.24, 2.45) is 5.73 Å². The second kappa shape index (κ2) is 5.18. The van der Waals surface area contributed by atoms with Crippen LogP contribution in [0, 0.1) is 10.1 Å². The lowest BCUT2D eigenvalue weighted by molar-refractivity contribution is -0.384. The van der Waals surface area contributed by atoms with E-state index < -0.39 is 10.5 Å². The summed E-state index contributed by atoms with van der Waals surface area (Å²) in [4.78, 5) is 22.9. The van der Waals surface area contributed by atoms with Gasteiger partial charge in [-0.15, -0.1) is 11.3 Å². The van der Waals surface area contributed by atoms with E-state index in [1.165, 1.54) is 23.5 Å². The molecule has 1 heterocycles. The zero-order chi connectivity index (χ0) is 14.9. The van der Waals surface area contributed by atoms with Crippen LogP contribution in [0.1, 0.15) is 23.5 Å². The Labute approximate surface area is 119 Å². The van der Waals surface area contributed by atoms with Crippen molar-refractivity contribution < 1.29 is 9.72 Å². The van der Waals surface area contributed by atoms with Gasteiger partial charge in [-0.2, -0.15) is 0 Å². The van der Waals surface area contributed by atoms with Crippen LogP contribution in [0.3, 0.4) is 0 Å². The molecule has 0 saturated carbocycles. The lowest BCUT2D eigenvalue weighted by atomic mass is 10.1. The number of nitro groups is 1. The minimum Gasteiger partial charge on any atom is -0.345 e. The number of benzene rings is 1. The highest BCUT2D eigenvalue weighted by atomic mass is 32.1.